The van der Waals surface area contributed by atoms with E-state index in [1.807, 2.05) is 0 Å². The molecular weight excluding hydrogens is 200 g/mol. The van der Waals surface area contributed by atoms with Crippen molar-refractivity contribution in [1.82, 2.24) is 0 Å². The highest BCUT2D eigenvalue weighted by molar-refractivity contribution is 6.61. The molecule has 0 amide bonds. The molecular formula is C6H5ClN2O4. The zero-order valence-electron chi connectivity index (χ0n) is 6.61. The van der Waals surface area contributed by atoms with Crippen LogP contribution in [0, 0.1) is 11.3 Å². The summed E-state index contributed by atoms with van der Waals surface area (Å²) in [5.74, 6) is -0.970. The maximum absolute atomic E-state index is 10.8. The van der Waals surface area contributed by atoms with Crippen LogP contribution in [0.2, 0.25) is 0 Å². The van der Waals surface area contributed by atoms with Gasteiger partial charge in [-0.1, -0.05) is 5.16 Å². The minimum absolute atomic E-state index is 0.0916. The second-order valence-electron chi connectivity index (χ2n) is 1.60. The van der Waals surface area contributed by atoms with E-state index in [2.05, 4.69) is 14.7 Å². The smallest absolute Gasteiger partial charge is 0.429 e. The summed E-state index contributed by atoms with van der Waals surface area (Å²) in [4.78, 5) is 24.6. The maximum Gasteiger partial charge on any atom is 0.429 e. The number of rotatable bonds is 3. The molecule has 0 spiro atoms. The number of nitrogens with zero attached hydrogens (tertiary/aromatic N) is 2. The van der Waals surface area contributed by atoms with Gasteiger partial charge in [-0.25, -0.2) is 9.59 Å². The van der Waals surface area contributed by atoms with Gasteiger partial charge in [0.25, 0.3) is 5.71 Å². The molecule has 0 aromatic rings. The molecule has 0 rings (SSSR count). The first kappa shape index (κ1) is 11.4. The van der Waals surface area contributed by atoms with E-state index in [1.54, 1.807) is 6.92 Å². The van der Waals surface area contributed by atoms with Gasteiger partial charge in [-0.2, -0.15) is 5.26 Å². The number of carbonyl (C=O) groups is 2. The molecule has 0 radical (unpaired) electrons. The van der Waals surface area contributed by atoms with Crippen LogP contribution in [0.1, 0.15) is 6.92 Å². The van der Waals surface area contributed by atoms with Gasteiger partial charge < -0.3 is 9.57 Å². The first-order chi connectivity index (χ1) is 6.11. The van der Waals surface area contributed by atoms with Crippen LogP contribution in [-0.2, 0) is 14.4 Å². The lowest BCUT2D eigenvalue weighted by molar-refractivity contribution is -0.135. The average Bonchev–Trinajstić information content (AvgIpc) is 2.05. The van der Waals surface area contributed by atoms with Crippen LogP contribution in [0.25, 0.3) is 0 Å². The van der Waals surface area contributed by atoms with Crippen LogP contribution in [-0.4, -0.2) is 23.7 Å². The zero-order valence-corrected chi connectivity index (χ0v) is 7.37. The molecule has 0 aromatic carbocycles. The standard InChI is InChI=1S/C6H5ClN2O4/c1-2-12-5(10)4(3-8)9-13-6(7)11/h2H2,1H3. The number of hydrogen-bond acceptors (Lipinski definition) is 6. The summed E-state index contributed by atoms with van der Waals surface area (Å²) in [5.41, 5.74) is -1.91. The molecule has 0 aliphatic heterocycles. The molecule has 0 heterocycles. The molecule has 6 nitrogen and oxygen atoms in total. The van der Waals surface area contributed by atoms with Crippen molar-refractivity contribution in [3.63, 3.8) is 0 Å². The molecule has 0 saturated heterocycles. The number of oxime groups is 1. The van der Waals surface area contributed by atoms with Crippen molar-refractivity contribution >= 4 is 28.7 Å². The van der Waals surface area contributed by atoms with E-state index in [-0.39, 0.29) is 6.61 Å². The van der Waals surface area contributed by atoms with Crippen molar-refractivity contribution in [2.45, 2.75) is 6.92 Å². The Balaban J connectivity index is 4.34. The van der Waals surface area contributed by atoms with Crippen LogP contribution in [0.15, 0.2) is 5.16 Å². The third-order valence-electron chi connectivity index (χ3n) is 0.783. The Hall–Kier alpha value is -1.61. The lowest BCUT2D eigenvalue weighted by Gasteiger charge is -1.96. The Morgan fingerprint density at radius 1 is 1.62 bits per heavy atom. The molecule has 7 heteroatoms. The van der Waals surface area contributed by atoms with Crippen molar-refractivity contribution in [3.8, 4) is 6.07 Å². The molecule has 0 unspecified atom stereocenters. The summed E-state index contributed by atoms with van der Waals surface area (Å²) < 4.78 is 4.40. The Kier molecular flexibility index (Phi) is 5.23. The van der Waals surface area contributed by atoms with E-state index in [1.165, 1.54) is 6.07 Å². The maximum atomic E-state index is 10.8. The number of nitriles is 1. The first-order valence-corrected chi connectivity index (χ1v) is 3.51. The van der Waals surface area contributed by atoms with Crippen LogP contribution in [0.5, 0.6) is 0 Å². The number of ether oxygens (including phenoxy) is 1. The third kappa shape index (κ3) is 4.76. The minimum Gasteiger partial charge on any atom is -0.461 e. The lowest BCUT2D eigenvalue weighted by Crippen LogP contribution is -2.16. The van der Waals surface area contributed by atoms with Gasteiger partial charge in [-0.3, -0.25) is 0 Å². The van der Waals surface area contributed by atoms with Crippen molar-refractivity contribution in [2.75, 3.05) is 6.61 Å². The molecule has 0 atom stereocenters. The molecule has 13 heavy (non-hydrogen) atoms. The number of hydrogen-bond donors (Lipinski definition) is 0. The predicted octanol–water partition coefficient (Wildman–Crippen LogP) is 0.804. The highest BCUT2D eigenvalue weighted by Gasteiger charge is 2.13. The van der Waals surface area contributed by atoms with Crippen molar-refractivity contribution in [1.29, 1.82) is 5.26 Å². The molecule has 0 aromatic heterocycles. The second-order valence-corrected chi connectivity index (χ2v) is 1.91. The van der Waals surface area contributed by atoms with E-state index in [4.69, 9.17) is 16.9 Å². The molecule has 0 aliphatic carbocycles. The molecule has 0 fully saturated rings. The zero-order chi connectivity index (χ0) is 10.3. The van der Waals surface area contributed by atoms with Crippen molar-refractivity contribution < 1.29 is 19.2 Å². The van der Waals surface area contributed by atoms with E-state index >= 15 is 0 Å². The van der Waals surface area contributed by atoms with Crippen LogP contribution < -0.4 is 0 Å². The van der Waals surface area contributed by atoms with Gasteiger partial charge in [0, 0.05) is 11.6 Å². The summed E-state index contributed by atoms with van der Waals surface area (Å²) >= 11 is 4.73. The summed E-state index contributed by atoms with van der Waals surface area (Å²) in [6.45, 7) is 1.65. The predicted molar refractivity (Wildman–Crippen MR) is 42.0 cm³/mol. The lowest BCUT2D eigenvalue weighted by atomic mass is 10.4. The Morgan fingerprint density at radius 2 is 2.23 bits per heavy atom. The van der Waals surface area contributed by atoms with Gasteiger partial charge in [-0.05, 0) is 6.92 Å². The molecule has 0 aliphatic rings. The topological polar surface area (TPSA) is 88.8 Å². The average molecular weight is 205 g/mol. The second kappa shape index (κ2) is 5.97. The Bertz CT molecular complexity index is 281. The number of esters is 1. The fraction of sp³-hybridized carbons (Fsp3) is 0.333. The highest BCUT2D eigenvalue weighted by atomic mass is 35.5. The van der Waals surface area contributed by atoms with Crippen LogP contribution in [0.4, 0.5) is 4.79 Å². The summed E-state index contributed by atoms with van der Waals surface area (Å²) in [6.07, 6.45) is 0. The minimum atomic E-state index is -1.24. The quantitative estimate of drug-likeness (QED) is 0.223. The van der Waals surface area contributed by atoms with E-state index < -0.39 is 17.1 Å². The van der Waals surface area contributed by atoms with Gasteiger partial charge in [0.15, 0.2) is 0 Å². The van der Waals surface area contributed by atoms with E-state index in [9.17, 15) is 9.59 Å². The molecule has 0 bridgehead atoms. The fourth-order valence-corrected chi connectivity index (χ4v) is 0.419. The fourth-order valence-electron chi connectivity index (χ4n) is 0.384. The number of halogens is 1. The molecule has 0 N–H and O–H groups in total. The van der Waals surface area contributed by atoms with Gasteiger partial charge in [0.05, 0.1) is 6.61 Å². The normalized spacial score (nSPS) is 10.1. The van der Waals surface area contributed by atoms with Gasteiger partial charge >= 0.3 is 11.4 Å². The monoisotopic (exact) mass is 204 g/mol. The number of carbonyl (C=O) groups excluding carboxylic acids is 2. The summed E-state index contributed by atoms with van der Waals surface area (Å²) in [6, 6.07) is 1.38. The van der Waals surface area contributed by atoms with Gasteiger partial charge in [0.2, 0.25) is 0 Å². The first-order valence-electron chi connectivity index (χ1n) is 3.13. The van der Waals surface area contributed by atoms with Gasteiger partial charge in [0.1, 0.15) is 6.07 Å². The Labute approximate surface area is 78.7 Å². The summed E-state index contributed by atoms with van der Waals surface area (Å²) in [7, 11) is 0. The summed E-state index contributed by atoms with van der Waals surface area (Å²) in [5, 5.41) is 11.2. The molecule has 70 valence electrons. The van der Waals surface area contributed by atoms with Gasteiger partial charge in [-0.15, -0.1) is 0 Å². The van der Waals surface area contributed by atoms with Crippen molar-refractivity contribution in [3.05, 3.63) is 0 Å². The third-order valence-corrected chi connectivity index (χ3v) is 0.852. The largest absolute Gasteiger partial charge is 0.461 e. The Morgan fingerprint density at radius 3 is 2.62 bits per heavy atom. The van der Waals surface area contributed by atoms with E-state index in [0.717, 1.165) is 0 Å². The highest BCUT2D eigenvalue weighted by Crippen LogP contribution is 1.91. The van der Waals surface area contributed by atoms with Crippen LogP contribution in [0.3, 0.4) is 0 Å². The van der Waals surface area contributed by atoms with Crippen LogP contribution >= 0.6 is 11.6 Å². The van der Waals surface area contributed by atoms with Crippen molar-refractivity contribution in [2.24, 2.45) is 5.16 Å². The molecule has 0 saturated carbocycles. The van der Waals surface area contributed by atoms with E-state index in [0.29, 0.717) is 0 Å². The SMILES string of the molecule is CCOC(=O)C(C#N)=NOC(=O)Cl.